The van der Waals surface area contributed by atoms with Crippen LogP contribution in [0.2, 0.25) is 5.02 Å². The molecule has 0 radical (unpaired) electrons. The summed E-state index contributed by atoms with van der Waals surface area (Å²) in [5.74, 6) is -0.319. The van der Waals surface area contributed by atoms with Gasteiger partial charge >= 0.3 is 5.97 Å². The van der Waals surface area contributed by atoms with Crippen LogP contribution in [0.15, 0.2) is 83.8 Å². The first-order chi connectivity index (χ1) is 21.3. The molecule has 1 aliphatic carbocycles. The zero-order valence-electron chi connectivity index (χ0n) is 24.7. The van der Waals surface area contributed by atoms with Gasteiger partial charge in [0.05, 0.1) is 23.8 Å². The van der Waals surface area contributed by atoms with E-state index in [9.17, 15) is 14.4 Å². The number of esters is 1. The molecule has 0 bridgehead atoms. The van der Waals surface area contributed by atoms with Gasteiger partial charge in [-0.05, 0) is 85.5 Å². The lowest BCUT2D eigenvalue weighted by Gasteiger charge is -2.23. The molecule has 5 rings (SSSR count). The molecular formula is C35H35ClN2O4S2. The summed E-state index contributed by atoms with van der Waals surface area (Å²) in [6.45, 7) is 4.02. The third-order valence-electron chi connectivity index (χ3n) is 7.59. The van der Waals surface area contributed by atoms with Crippen LogP contribution in [0.3, 0.4) is 0 Å². The quantitative estimate of drug-likeness (QED) is 0.126. The van der Waals surface area contributed by atoms with Crippen molar-refractivity contribution in [2.45, 2.75) is 62.0 Å². The largest absolute Gasteiger partial charge is 0.462 e. The molecule has 0 saturated carbocycles. The number of carbonyl (C=O) groups is 3. The van der Waals surface area contributed by atoms with E-state index in [1.165, 1.54) is 28.7 Å². The second kappa shape index (κ2) is 14.9. The van der Waals surface area contributed by atoms with Crippen molar-refractivity contribution in [2.24, 2.45) is 0 Å². The van der Waals surface area contributed by atoms with E-state index in [0.717, 1.165) is 40.2 Å². The van der Waals surface area contributed by atoms with Crippen molar-refractivity contribution in [1.82, 2.24) is 0 Å². The van der Waals surface area contributed by atoms with Crippen LogP contribution in [0, 0.1) is 0 Å². The van der Waals surface area contributed by atoms with Crippen LogP contribution >= 0.6 is 34.7 Å². The van der Waals surface area contributed by atoms with Crippen LogP contribution in [-0.2, 0) is 33.6 Å². The molecule has 0 aliphatic heterocycles. The minimum absolute atomic E-state index is 0.137. The molecule has 2 atom stereocenters. The smallest absolute Gasteiger partial charge is 0.341 e. The second-order valence-corrected chi connectivity index (χ2v) is 13.5. The summed E-state index contributed by atoms with van der Waals surface area (Å²) in [7, 11) is 0. The molecule has 1 heterocycles. The van der Waals surface area contributed by atoms with Crippen molar-refractivity contribution in [3.63, 3.8) is 0 Å². The predicted octanol–water partition coefficient (Wildman–Crippen LogP) is 8.54. The van der Waals surface area contributed by atoms with E-state index in [1.807, 2.05) is 49.4 Å². The minimum atomic E-state index is -0.402. The molecule has 1 aromatic heterocycles. The van der Waals surface area contributed by atoms with E-state index in [0.29, 0.717) is 33.6 Å². The Morgan fingerprint density at radius 3 is 2.50 bits per heavy atom. The molecule has 44 heavy (non-hydrogen) atoms. The average Bonchev–Trinajstić information content (AvgIpc) is 3.38. The van der Waals surface area contributed by atoms with E-state index >= 15 is 0 Å². The maximum atomic E-state index is 13.6. The molecule has 228 valence electrons. The monoisotopic (exact) mass is 646 g/mol. The highest BCUT2D eigenvalue weighted by Gasteiger charge is 2.32. The number of hydrogen-bond donors (Lipinski definition) is 2. The first-order valence-corrected chi connectivity index (χ1v) is 16.9. The number of carbonyl (C=O) groups excluding carboxylic acids is 3. The number of rotatable bonds is 11. The van der Waals surface area contributed by atoms with Gasteiger partial charge in [0.2, 0.25) is 11.8 Å². The molecule has 2 unspecified atom stereocenters. The molecule has 0 fully saturated rings. The molecular weight excluding hydrogens is 612 g/mol. The number of nitrogens with one attached hydrogen (secondary N) is 2. The summed E-state index contributed by atoms with van der Waals surface area (Å²) in [6, 6.07) is 25.1. The summed E-state index contributed by atoms with van der Waals surface area (Å²) in [5, 5.41) is 6.82. The van der Waals surface area contributed by atoms with E-state index in [-0.39, 0.29) is 30.8 Å². The van der Waals surface area contributed by atoms with E-state index < -0.39 is 5.25 Å². The SMILES string of the molecule is CCOC(=O)c1c(NC(=O)C(CC)Sc2cccc(NC(=O)Cc3ccc(Cl)cc3)c2)sc2c1CCC(c1ccccc1)C2. The fourth-order valence-electron chi connectivity index (χ4n) is 5.42. The number of fused-ring (bicyclic) bond motifs is 1. The maximum absolute atomic E-state index is 13.6. The zero-order valence-corrected chi connectivity index (χ0v) is 27.1. The first kappa shape index (κ1) is 31.8. The van der Waals surface area contributed by atoms with Gasteiger partial charge in [-0.25, -0.2) is 4.79 Å². The molecule has 6 nitrogen and oxygen atoms in total. The molecule has 2 amide bonds. The van der Waals surface area contributed by atoms with E-state index in [2.05, 4.69) is 34.9 Å². The zero-order chi connectivity index (χ0) is 31.1. The third kappa shape index (κ3) is 7.92. The van der Waals surface area contributed by atoms with Gasteiger partial charge in [0.1, 0.15) is 5.00 Å². The Morgan fingerprint density at radius 1 is 1.00 bits per heavy atom. The normalized spacial score (nSPS) is 14.8. The topological polar surface area (TPSA) is 84.5 Å². The Labute approximate surface area is 271 Å². The van der Waals surface area contributed by atoms with Gasteiger partial charge in [-0.1, -0.05) is 67.1 Å². The molecule has 4 aromatic rings. The van der Waals surface area contributed by atoms with Crippen LogP contribution in [0.4, 0.5) is 10.7 Å². The van der Waals surface area contributed by atoms with Gasteiger partial charge < -0.3 is 15.4 Å². The number of halogens is 1. The van der Waals surface area contributed by atoms with Crippen LogP contribution in [-0.4, -0.2) is 29.6 Å². The third-order valence-corrected chi connectivity index (χ3v) is 10.4. The van der Waals surface area contributed by atoms with Crippen LogP contribution in [0.25, 0.3) is 0 Å². The molecule has 1 aliphatic rings. The maximum Gasteiger partial charge on any atom is 0.341 e. The number of amides is 2. The number of hydrogen-bond acceptors (Lipinski definition) is 6. The number of anilines is 2. The van der Waals surface area contributed by atoms with Crippen LogP contribution in [0.1, 0.15) is 64.5 Å². The Bertz CT molecular complexity index is 1620. The standard InChI is InChI=1S/C35H35ClN2O4S2/c1-3-29(43-27-12-8-11-26(21-27)37-31(39)19-22-13-16-25(36)17-14-22)33(40)38-34-32(35(41)42-4-2)28-18-15-24(20-30(28)44-34)23-9-6-5-7-10-23/h5-14,16-17,21,24,29H,3-4,15,18-20H2,1-2H3,(H,37,39)(H,38,40). The predicted molar refractivity (Wildman–Crippen MR) is 180 cm³/mol. The average molecular weight is 647 g/mol. The number of thiophene rings is 1. The van der Waals surface area contributed by atoms with Gasteiger partial charge in [0.15, 0.2) is 0 Å². The summed E-state index contributed by atoms with van der Waals surface area (Å²) < 4.78 is 5.43. The lowest BCUT2D eigenvalue weighted by atomic mass is 9.83. The highest BCUT2D eigenvalue weighted by atomic mass is 35.5. The van der Waals surface area contributed by atoms with Crippen molar-refractivity contribution in [1.29, 1.82) is 0 Å². The molecule has 9 heteroatoms. The Kier molecular flexibility index (Phi) is 10.8. The van der Waals surface area contributed by atoms with Crippen molar-refractivity contribution in [2.75, 3.05) is 17.2 Å². The van der Waals surface area contributed by atoms with Gasteiger partial charge in [-0.2, -0.15) is 0 Å². The van der Waals surface area contributed by atoms with Crippen molar-refractivity contribution in [3.8, 4) is 0 Å². The fraction of sp³-hybridized carbons (Fsp3) is 0.286. The van der Waals surface area contributed by atoms with Crippen molar-refractivity contribution in [3.05, 3.63) is 111 Å². The summed E-state index contributed by atoms with van der Waals surface area (Å²) in [6.07, 6.45) is 3.34. The molecule has 2 N–H and O–H groups in total. The Hall–Kier alpha value is -3.59. The molecule has 0 saturated heterocycles. The van der Waals surface area contributed by atoms with E-state index in [4.69, 9.17) is 16.3 Å². The second-order valence-electron chi connectivity index (χ2n) is 10.7. The summed E-state index contributed by atoms with van der Waals surface area (Å²) >= 11 is 8.87. The van der Waals surface area contributed by atoms with Crippen molar-refractivity contribution >= 4 is 63.2 Å². The van der Waals surface area contributed by atoms with Crippen molar-refractivity contribution < 1.29 is 19.1 Å². The van der Waals surface area contributed by atoms with Gasteiger partial charge in [0, 0.05) is 20.5 Å². The van der Waals surface area contributed by atoms with Gasteiger partial charge in [-0.15, -0.1) is 23.1 Å². The van der Waals surface area contributed by atoms with Gasteiger partial charge in [0.25, 0.3) is 0 Å². The number of thioether (sulfide) groups is 1. The summed E-state index contributed by atoms with van der Waals surface area (Å²) in [5.41, 5.74) is 4.32. The first-order valence-electron chi connectivity index (χ1n) is 14.8. The minimum Gasteiger partial charge on any atom is -0.462 e. The number of benzene rings is 3. The highest BCUT2D eigenvalue weighted by Crippen LogP contribution is 2.43. The lowest BCUT2D eigenvalue weighted by molar-refractivity contribution is -0.116. The number of ether oxygens (including phenoxy) is 1. The van der Waals surface area contributed by atoms with Gasteiger partial charge in [-0.3, -0.25) is 9.59 Å². The van der Waals surface area contributed by atoms with Crippen LogP contribution < -0.4 is 10.6 Å². The Balaban J connectivity index is 1.28. The van der Waals surface area contributed by atoms with Crippen LogP contribution in [0.5, 0.6) is 0 Å². The fourth-order valence-corrected chi connectivity index (χ4v) is 7.88. The Morgan fingerprint density at radius 2 is 1.77 bits per heavy atom. The van der Waals surface area contributed by atoms with E-state index in [1.54, 1.807) is 19.1 Å². The highest BCUT2D eigenvalue weighted by molar-refractivity contribution is 8.00. The molecule has 3 aromatic carbocycles. The molecule has 0 spiro atoms. The lowest BCUT2D eigenvalue weighted by Crippen LogP contribution is -2.25. The summed E-state index contributed by atoms with van der Waals surface area (Å²) in [4.78, 5) is 41.3.